The van der Waals surface area contributed by atoms with E-state index in [-0.39, 0.29) is 0 Å². The molecular weight excluding hydrogens is 116 g/mol. The Hall–Kier alpha value is -0.830. The van der Waals surface area contributed by atoms with Crippen molar-refractivity contribution in [2.75, 3.05) is 0 Å². The minimum absolute atomic E-state index is 0.419. The molecule has 0 aliphatic heterocycles. The molecule has 0 aromatic carbocycles. The van der Waals surface area contributed by atoms with E-state index in [9.17, 15) is 4.79 Å². The number of nitrogens with two attached hydrogens (primary N) is 2. The molecule has 0 heterocycles. The minimum atomic E-state index is -0.929. The van der Waals surface area contributed by atoms with Crippen molar-refractivity contribution < 1.29 is 4.79 Å². The third kappa shape index (κ3) is 2.28. The molecule has 52 valence electrons. The fraction of sp³-hybridized carbons (Fsp3) is 0.500. The van der Waals surface area contributed by atoms with Crippen LogP contribution in [0.5, 0.6) is 0 Å². The van der Waals surface area contributed by atoms with E-state index in [2.05, 4.69) is 6.58 Å². The van der Waals surface area contributed by atoms with E-state index in [1.807, 2.05) is 0 Å². The Balaban J connectivity index is 4.00. The summed E-state index contributed by atoms with van der Waals surface area (Å²) in [6.45, 7) is 5.02. The van der Waals surface area contributed by atoms with Gasteiger partial charge in [0, 0.05) is 0 Å². The molecule has 3 heteroatoms. The first-order valence-corrected chi connectivity index (χ1v) is 2.70. The lowest BCUT2D eigenvalue weighted by Gasteiger charge is -2.17. The second kappa shape index (κ2) is 2.64. The lowest BCUT2D eigenvalue weighted by molar-refractivity contribution is -0.122. The van der Waals surface area contributed by atoms with Gasteiger partial charge in [-0.3, -0.25) is 4.79 Å². The van der Waals surface area contributed by atoms with Crippen molar-refractivity contribution in [3.63, 3.8) is 0 Å². The zero-order valence-electron chi connectivity index (χ0n) is 5.55. The summed E-state index contributed by atoms with van der Waals surface area (Å²) >= 11 is 0. The molecule has 0 aromatic rings. The number of carbonyl (C=O) groups excluding carboxylic acids is 1. The molecule has 0 fully saturated rings. The van der Waals surface area contributed by atoms with Gasteiger partial charge in [0.1, 0.15) is 0 Å². The molecule has 0 radical (unpaired) electrons. The van der Waals surface area contributed by atoms with Gasteiger partial charge < -0.3 is 11.5 Å². The van der Waals surface area contributed by atoms with Gasteiger partial charge in [-0.25, -0.2) is 0 Å². The highest BCUT2D eigenvalue weighted by atomic mass is 16.1. The maximum absolute atomic E-state index is 10.5. The average molecular weight is 128 g/mol. The van der Waals surface area contributed by atoms with Gasteiger partial charge >= 0.3 is 0 Å². The number of rotatable bonds is 3. The fourth-order valence-corrected chi connectivity index (χ4v) is 0.400. The smallest absolute Gasteiger partial charge is 0.237 e. The molecule has 0 aliphatic carbocycles. The van der Waals surface area contributed by atoms with E-state index in [0.29, 0.717) is 6.42 Å². The lowest BCUT2D eigenvalue weighted by Crippen LogP contribution is -2.48. The summed E-state index contributed by atoms with van der Waals surface area (Å²) in [5.41, 5.74) is 9.44. The second-order valence-electron chi connectivity index (χ2n) is 2.27. The van der Waals surface area contributed by atoms with Crippen LogP contribution < -0.4 is 11.5 Å². The largest absolute Gasteiger partial charge is 0.368 e. The predicted molar refractivity (Wildman–Crippen MR) is 36.6 cm³/mol. The molecule has 3 nitrogen and oxygen atoms in total. The molecule has 1 unspecified atom stereocenters. The summed E-state index contributed by atoms with van der Waals surface area (Å²) in [5, 5.41) is 0. The summed E-state index contributed by atoms with van der Waals surface area (Å²) in [5.74, 6) is -0.498. The van der Waals surface area contributed by atoms with E-state index >= 15 is 0 Å². The van der Waals surface area contributed by atoms with Crippen LogP contribution in [0.1, 0.15) is 13.3 Å². The topological polar surface area (TPSA) is 69.1 Å². The molecule has 4 N–H and O–H groups in total. The molecule has 1 amide bonds. The number of hydrogen-bond acceptors (Lipinski definition) is 2. The van der Waals surface area contributed by atoms with Crippen LogP contribution in [0.4, 0.5) is 0 Å². The van der Waals surface area contributed by atoms with Crippen molar-refractivity contribution in [1.82, 2.24) is 0 Å². The SMILES string of the molecule is C=CCC(C)(N)C(N)=O. The lowest BCUT2D eigenvalue weighted by atomic mass is 9.99. The zero-order valence-corrected chi connectivity index (χ0v) is 5.55. The van der Waals surface area contributed by atoms with Gasteiger partial charge in [0.15, 0.2) is 0 Å². The van der Waals surface area contributed by atoms with Gasteiger partial charge in [0.05, 0.1) is 5.54 Å². The number of amides is 1. The van der Waals surface area contributed by atoms with Crippen molar-refractivity contribution in [3.8, 4) is 0 Å². The Morgan fingerprint density at radius 3 is 2.44 bits per heavy atom. The van der Waals surface area contributed by atoms with Crippen LogP contribution in [-0.4, -0.2) is 11.4 Å². The van der Waals surface area contributed by atoms with Crippen LogP contribution in [-0.2, 0) is 4.79 Å². The molecule has 0 spiro atoms. The van der Waals surface area contributed by atoms with Crippen LogP contribution in [0.3, 0.4) is 0 Å². The summed E-state index contributed by atoms with van der Waals surface area (Å²) in [6.07, 6.45) is 1.99. The number of hydrogen-bond donors (Lipinski definition) is 2. The third-order valence-electron chi connectivity index (χ3n) is 1.13. The Labute approximate surface area is 54.7 Å². The first kappa shape index (κ1) is 8.17. The van der Waals surface area contributed by atoms with Crippen LogP contribution in [0.15, 0.2) is 12.7 Å². The highest BCUT2D eigenvalue weighted by Crippen LogP contribution is 2.03. The predicted octanol–water partition coefficient (Wildman–Crippen LogP) is -0.235. The van der Waals surface area contributed by atoms with E-state index in [1.54, 1.807) is 13.0 Å². The van der Waals surface area contributed by atoms with E-state index in [4.69, 9.17) is 11.5 Å². The molecule has 0 saturated heterocycles. The van der Waals surface area contributed by atoms with Gasteiger partial charge in [-0.2, -0.15) is 0 Å². The van der Waals surface area contributed by atoms with Crippen LogP contribution in [0, 0.1) is 0 Å². The van der Waals surface area contributed by atoms with Crippen molar-refractivity contribution in [2.24, 2.45) is 11.5 Å². The second-order valence-corrected chi connectivity index (χ2v) is 2.27. The van der Waals surface area contributed by atoms with Crippen LogP contribution in [0.25, 0.3) is 0 Å². The monoisotopic (exact) mass is 128 g/mol. The molecule has 0 rings (SSSR count). The number of carbonyl (C=O) groups is 1. The quantitative estimate of drug-likeness (QED) is 0.515. The standard InChI is InChI=1S/C6H12N2O/c1-3-4-6(2,8)5(7)9/h3H,1,4,8H2,2H3,(H2,7,9). The molecule has 1 atom stereocenters. The molecule has 0 aromatic heterocycles. The summed E-state index contributed by atoms with van der Waals surface area (Å²) in [4.78, 5) is 10.5. The molecule has 0 aliphatic rings. The molecule has 0 bridgehead atoms. The minimum Gasteiger partial charge on any atom is -0.368 e. The first-order chi connectivity index (χ1) is 4.00. The highest BCUT2D eigenvalue weighted by molar-refractivity contribution is 5.83. The molecule has 0 saturated carbocycles. The molecule has 9 heavy (non-hydrogen) atoms. The summed E-state index contributed by atoms with van der Waals surface area (Å²) in [6, 6.07) is 0. The Morgan fingerprint density at radius 1 is 1.89 bits per heavy atom. The Morgan fingerprint density at radius 2 is 2.33 bits per heavy atom. The Kier molecular flexibility index (Phi) is 2.40. The van der Waals surface area contributed by atoms with Crippen molar-refractivity contribution in [3.05, 3.63) is 12.7 Å². The summed E-state index contributed by atoms with van der Waals surface area (Å²) in [7, 11) is 0. The van der Waals surface area contributed by atoms with E-state index in [0.717, 1.165) is 0 Å². The van der Waals surface area contributed by atoms with Gasteiger partial charge in [-0.1, -0.05) is 6.08 Å². The van der Waals surface area contributed by atoms with E-state index in [1.165, 1.54) is 0 Å². The first-order valence-electron chi connectivity index (χ1n) is 2.70. The highest BCUT2D eigenvalue weighted by Gasteiger charge is 2.22. The fourth-order valence-electron chi connectivity index (χ4n) is 0.400. The summed E-state index contributed by atoms with van der Waals surface area (Å²) < 4.78 is 0. The molecular formula is C6H12N2O. The maximum atomic E-state index is 10.5. The normalized spacial score (nSPS) is 16.2. The average Bonchev–Trinajstić information content (AvgIpc) is 1.65. The van der Waals surface area contributed by atoms with Gasteiger partial charge in [-0.05, 0) is 13.3 Å². The maximum Gasteiger partial charge on any atom is 0.237 e. The number of primary amides is 1. The van der Waals surface area contributed by atoms with Gasteiger partial charge in [0.25, 0.3) is 0 Å². The van der Waals surface area contributed by atoms with Gasteiger partial charge in [-0.15, -0.1) is 6.58 Å². The van der Waals surface area contributed by atoms with Gasteiger partial charge in [0.2, 0.25) is 5.91 Å². The van der Waals surface area contributed by atoms with Crippen molar-refractivity contribution in [1.29, 1.82) is 0 Å². The van der Waals surface area contributed by atoms with Crippen LogP contribution >= 0.6 is 0 Å². The van der Waals surface area contributed by atoms with Crippen LogP contribution in [0.2, 0.25) is 0 Å². The zero-order chi connectivity index (χ0) is 7.49. The third-order valence-corrected chi connectivity index (χ3v) is 1.13. The van der Waals surface area contributed by atoms with Crippen molar-refractivity contribution in [2.45, 2.75) is 18.9 Å². The van der Waals surface area contributed by atoms with Crippen molar-refractivity contribution >= 4 is 5.91 Å². The Bertz CT molecular complexity index is 129. The van der Waals surface area contributed by atoms with E-state index < -0.39 is 11.4 Å².